The SMILES string of the molecule is Cc1ccc(C(CNC(=O)c2c(C)oc(C)c2C)N2CCOCC2)o1. The maximum absolute atomic E-state index is 12.7. The standard InChI is InChI=1S/C19H26N2O4/c1-12-5-6-17(24-12)16(21-7-9-23-10-8-21)11-20-19(22)18-13(2)14(3)25-15(18)4/h5-6,16H,7-11H2,1-4H3,(H,20,22). The molecule has 0 bridgehead atoms. The van der Waals surface area contributed by atoms with Crippen molar-refractivity contribution in [2.75, 3.05) is 32.8 Å². The number of amides is 1. The third kappa shape index (κ3) is 3.80. The molecule has 136 valence electrons. The Labute approximate surface area is 148 Å². The summed E-state index contributed by atoms with van der Waals surface area (Å²) in [6.07, 6.45) is 0. The minimum Gasteiger partial charge on any atom is -0.466 e. The van der Waals surface area contributed by atoms with E-state index < -0.39 is 0 Å². The summed E-state index contributed by atoms with van der Waals surface area (Å²) in [5.74, 6) is 3.08. The third-order valence-corrected chi connectivity index (χ3v) is 4.82. The molecule has 1 saturated heterocycles. The Morgan fingerprint density at radius 3 is 2.40 bits per heavy atom. The first-order valence-electron chi connectivity index (χ1n) is 8.70. The Morgan fingerprint density at radius 2 is 1.84 bits per heavy atom. The summed E-state index contributed by atoms with van der Waals surface area (Å²) in [4.78, 5) is 15.0. The summed E-state index contributed by atoms with van der Waals surface area (Å²) < 4.78 is 16.9. The second kappa shape index (κ2) is 7.45. The lowest BCUT2D eigenvalue weighted by atomic mass is 10.1. The van der Waals surface area contributed by atoms with Crippen molar-refractivity contribution in [2.45, 2.75) is 33.7 Å². The van der Waals surface area contributed by atoms with Crippen LogP contribution in [0.5, 0.6) is 0 Å². The molecule has 6 nitrogen and oxygen atoms in total. The van der Waals surface area contributed by atoms with Gasteiger partial charge in [0.05, 0.1) is 24.8 Å². The molecule has 1 atom stereocenters. The lowest BCUT2D eigenvalue weighted by Crippen LogP contribution is -2.43. The second-order valence-electron chi connectivity index (χ2n) is 6.54. The number of furan rings is 2. The number of nitrogens with one attached hydrogen (secondary N) is 1. The number of hydrogen-bond donors (Lipinski definition) is 1. The van der Waals surface area contributed by atoms with Gasteiger partial charge in [0.25, 0.3) is 5.91 Å². The van der Waals surface area contributed by atoms with E-state index in [2.05, 4.69) is 10.2 Å². The maximum atomic E-state index is 12.7. The molecule has 0 aliphatic carbocycles. The van der Waals surface area contributed by atoms with Crippen LogP contribution in [-0.4, -0.2) is 43.7 Å². The van der Waals surface area contributed by atoms with Crippen molar-refractivity contribution in [3.8, 4) is 0 Å². The number of morpholine rings is 1. The van der Waals surface area contributed by atoms with Crippen molar-refractivity contribution >= 4 is 5.91 Å². The zero-order chi connectivity index (χ0) is 18.0. The van der Waals surface area contributed by atoms with Gasteiger partial charge in [-0.2, -0.15) is 0 Å². The highest BCUT2D eigenvalue weighted by Crippen LogP contribution is 2.24. The predicted octanol–water partition coefficient (Wildman–Crippen LogP) is 2.91. The summed E-state index contributed by atoms with van der Waals surface area (Å²) in [5.41, 5.74) is 1.53. The van der Waals surface area contributed by atoms with Crippen LogP contribution in [-0.2, 0) is 4.74 Å². The first-order chi connectivity index (χ1) is 12.0. The fraction of sp³-hybridized carbons (Fsp3) is 0.526. The van der Waals surface area contributed by atoms with E-state index in [4.69, 9.17) is 13.6 Å². The van der Waals surface area contributed by atoms with E-state index in [0.717, 1.165) is 35.9 Å². The van der Waals surface area contributed by atoms with E-state index in [1.807, 2.05) is 39.8 Å². The molecule has 2 aromatic heterocycles. The van der Waals surface area contributed by atoms with Crippen molar-refractivity contribution in [3.05, 3.63) is 46.3 Å². The molecule has 1 aliphatic heterocycles. The Kier molecular flexibility index (Phi) is 5.30. The number of aryl methyl sites for hydroxylation is 3. The van der Waals surface area contributed by atoms with Crippen LogP contribution in [0.4, 0.5) is 0 Å². The molecule has 1 N–H and O–H groups in total. The molecule has 6 heteroatoms. The topological polar surface area (TPSA) is 67.9 Å². The summed E-state index contributed by atoms with van der Waals surface area (Å²) in [6, 6.07) is 3.94. The average molecular weight is 346 g/mol. The third-order valence-electron chi connectivity index (χ3n) is 4.82. The minimum atomic E-state index is -0.103. The van der Waals surface area contributed by atoms with Gasteiger partial charge in [-0.05, 0) is 39.8 Å². The van der Waals surface area contributed by atoms with E-state index in [1.165, 1.54) is 0 Å². The highest BCUT2D eigenvalue weighted by Gasteiger charge is 2.27. The van der Waals surface area contributed by atoms with Crippen LogP contribution >= 0.6 is 0 Å². The Balaban J connectivity index is 1.75. The second-order valence-corrected chi connectivity index (χ2v) is 6.54. The first kappa shape index (κ1) is 17.8. The molecule has 1 unspecified atom stereocenters. The van der Waals surface area contributed by atoms with Crippen molar-refractivity contribution in [2.24, 2.45) is 0 Å². The quantitative estimate of drug-likeness (QED) is 0.902. The number of carbonyl (C=O) groups excluding carboxylic acids is 1. The van der Waals surface area contributed by atoms with Gasteiger partial charge in [-0.15, -0.1) is 0 Å². The van der Waals surface area contributed by atoms with Crippen molar-refractivity contribution in [1.82, 2.24) is 10.2 Å². The van der Waals surface area contributed by atoms with Crippen molar-refractivity contribution in [1.29, 1.82) is 0 Å². The van der Waals surface area contributed by atoms with Crippen LogP contribution in [0.15, 0.2) is 21.0 Å². The van der Waals surface area contributed by atoms with Crippen LogP contribution < -0.4 is 5.32 Å². The molecule has 0 radical (unpaired) electrons. The summed E-state index contributed by atoms with van der Waals surface area (Å²) in [6.45, 7) is 11.1. The van der Waals surface area contributed by atoms with Crippen LogP contribution in [0.2, 0.25) is 0 Å². The minimum absolute atomic E-state index is 0.00448. The number of carbonyl (C=O) groups is 1. The van der Waals surface area contributed by atoms with E-state index in [9.17, 15) is 4.79 Å². The first-order valence-corrected chi connectivity index (χ1v) is 8.70. The molecule has 1 fully saturated rings. The monoisotopic (exact) mass is 346 g/mol. The smallest absolute Gasteiger partial charge is 0.255 e. The van der Waals surface area contributed by atoms with Crippen molar-refractivity contribution in [3.63, 3.8) is 0 Å². The fourth-order valence-electron chi connectivity index (χ4n) is 3.34. The molecule has 3 heterocycles. The Morgan fingerprint density at radius 1 is 1.12 bits per heavy atom. The maximum Gasteiger partial charge on any atom is 0.255 e. The zero-order valence-corrected chi connectivity index (χ0v) is 15.3. The lowest BCUT2D eigenvalue weighted by Gasteiger charge is -2.33. The lowest BCUT2D eigenvalue weighted by molar-refractivity contribution is 0.0117. The Hall–Kier alpha value is -2.05. The number of ether oxygens (including phenoxy) is 1. The van der Waals surface area contributed by atoms with Gasteiger partial charge in [0.15, 0.2) is 0 Å². The molecule has 0 spiro atoms. The molecular weight excluding hydrogens is 320 g/mol. The largest absolute Gasteiger partial charge is 0.466 e. The van der Waals surface area contributed by atoms with Gasteiger partial charge in [-0.3, -0.25) is 9.69 Å². The van der Waals surface area contributed by atoms with Gasteiger partial charge >= 0.3 is 0 Å². The fourth-order valence-corrected chi connectivity index (χ4v) is 3.34. The molecule has 25 heavy (non-hydrogen) atoms. The van der Waals surface area contributed by atoms with E-state index in [-0.39, 0.29) is 11.9 Å². The molecule has 1 aliphatic rings. The van der Waals surface area contributed by atoms with Gasteiger partial charge in [-0.25, -0.2) is 0 Å². The zero-order valence-electron chi connectivity index (χ0n) is 15.3. The molecule has 2 aromatic rings. The normalized spacial score (nSPS) is 16.8. The molecule has 0 saturated carbocycles. The average Bonchev–Trinajstić information content (AvgIpc) is 3.12. The van der Waals surface area contributed by atoms with Gasteiger partial charge < -0.3 is 18.9 Å². The number of hydrogen-bond acceptors (Lipinski definition) is 5. The Bertz CT molecular complexity index is 741. The molecule has 0 aromatic carbocycles. The molecule has 1 amide bonds. The van der Waals surface area contributed by atoms with Gasteiger partial charge in [0.1, 0.15) is 23.0 Å². The van der Waals surface area contributed by atoms with E-state index in [1.54, 1.807) is 0 Å². The van der Waals surface area contributed by atoms with Crippen LogP contribution in [0.25, 0.3) is 0 Å². The van der Waals surface area contributed by atoms with Crippen LogP contribution in [0.1, 0.15) is 45.0 Å². The van der Waals surface area contributed by atoms with E-state index in [0.29, 0.717) is 31.1 Å². The van der Waals surface area contributed by atoms with E-state index >= 15 is 0 Å². The van der Waals surface area contributed by atoms with Crippen LogP contribution in [0, 0.1) is 27.7 Å². The molecule has 3 rings (SSSR count). The number of rotatable bonds is 5. The molecular formula is C19H26N2O4. The van der Waals surface area contributed by atoms with Gasteiger partial charge in [0, 0.05) is 25.2 Å². The summed E-state index contributed by atoms with van der Waals surface area (Å²) >= 11 is 0. The van der Waals surface area contributed by atoms with Crippen LogP contribution in [0.3, 0.4) is 0 Å². The summed E-state index contributed by atoms with van der Waals surface area (Å²) in [7, 11) is 0. The summed E-state index contributed by atoms with van der Waals surface area (Å²) in [5, 5.41) is 3.06. The van der Waals surface area contributed by atoms with Crippen molar-refractivity contribution < 1.29 is 18.4 Å². The number of nitrogens with zero attached hydrogens (tertiary/aromatic N) is 1. The van der Waals surface area contributed by atoms with Gasteiger partial charge in [-0.1, -0.05) is 0 Å². The highest BCUT2D eigenvalue weighted by atomic mass is 16.5. The highest BCUT2D eigenvalue weighted by molar-refractivity contribution is 5.96. The van der Waals surface area contributed by atoms with Gasteiger partial charge in [0.2, 0.25) is 0 Å². The predicted molar refractivity (Wildman–Crippen MR) is 93.8 cm³/mol.